The Bertz CT molecular complexity index is 1430. The van der Waals surface area contributed by atoms with Crippen molar-refractivity contribution in [1.82, 2.24) is 0 Å². The molecule has 0 aromatic heterocycles. The highest BCUT2D eigenvalue weighted by molar-refractivity contribution is 6.17. The van der Waals surface area contributed by atoms with Gasteiger partial charge in [-0.25, -0.2) is 9.98 Å². The van der Waals surface area contributed by atoms with Crippen LogP contribution >= 0.6 is 0 Å². The van der Waals surface area contributed by atoms with Crippen LogP contribution in [0.25, 0.3) is 0 Å². The van der Waals surface area contributed by atoms with E-state index >= 15 is 0 Å². The first-order valence-electron chi connectivity index (χ1n) is 11.8. The number of hydrogen-bond donors (Lipinski definition) is 3. The van der Waals surface area contributed by atoms with E-state index in [0.29, 0.717) is 0 Å². The third kappa shape index (κ3) is 6.15. The minimum absolute atomic E-state index is 0.748. The lowest BCUT2D eigenvalue weighted by Crippen LogP contribution is -2.65. The van der Waals surface area contributed by atoms with Gasteiger partial charge in [0.15, 0.2) is 0 Å². The molecular weight excluding hydrogens is 444 g/mol. The number of hydrogen-bond acceptors (Lipinski definition) is 4. The van der Waals surface area contributed by atoms with Gasteiger partial charge in [-0.05, 0) is 91.9 Å². The summed E-state index contributed by atoms with van der Waals surface area (Å²) in [6.45, 7) is 2.06. The molecule has 0 saturated carbocycles. The molecule has 0 heterocycles. The van der Waals surface area contributed by atoms with Gasteiger partial charge < -0.3 is 15.8 Å². The van der Waals surface area contributed by atoms with Crippen LogP contribution in [0.1, 0.15) is 5.56 Å². The molecule has 0 atom stereocenters. The van der Waals surface area contributed by atoms with Crippen molar-refractivity contribution in [3.8, 4) is 11.5 Å². The quantitative estimate of drug-likeness (QED) is 0.233. The maximum atomic E-state index is 5.90. The SMILES string of the molecule is Cc1ccc(Oc2ccc(Nc3ccc(N=C4C=CC(=[NH+]c5ccc(N)cc5)C=C4)cc3)cc2)cc1. The van der Waals surface area contributed by atoms with E-state index in [1.165, 1.54) is 5.56 Å². The second-order valence-corrected chi connectivity index (χ2v) is 8.52. The fourth-order valence-electron chi connectivity index (χ4n) is 3.64. The number of ether oxygens (including phenoxy) is 1. The topological polar surface area (TPSA) is 73.6 Å². The number of rotatable bonds is 6. The molecule has 1 aliphatic carbocycles. The van der Waals surface area contributed by atoms with Crippen molar-refractivity contribution >= 4 is 39.9 Å². The van der Waals surface area contributed by atoms with E-state index in [0.717, 1.165) is 51.4 Å². The van der Waals surface area contributed by atoms with Gasteiger partial charge in [-0.1, -0.05) is 17.7 Å². The minimum atomic E-state index is 0.748. The summed E-state index contributed by atoms with van der Waals surface area (Å²) in [6.07, 6.45) is 8.01. The number of aliphatic imine (C=N–C) groups is 1. The molecule has 0 amide bonds. The monoisotopic (exact) mass is 471 g/mol. The number of nitrogens with two attached hydrogens (primary N) is 1. The number of nitrogens with one attached hydrogen (secondary N) is 2. The van der Waals surface area contributed by atoms with Crippen LogP contribution in [0.15, 0.2) is 126 Å². The van der Waals surface area contributed by atoms with Gasteiger partial charge in [0.25, 0.3) is 0 Å². The lowest BCUT2D eigenvalue weighted by atomic mass is 10.1. The molecule has 0 saturated heterocycles. The predicted molar refractivity (Wildman–Crippen MR) is 149 cm³/mol. The largest absolute Gasteiger partial charge is 0.457 e. The van der Waals surface area contributed by atoms with Gasteiger partial charge in [0.1, 0.15) is 11.5 Å². The summed E-state index contributed by atoms with van der Waals surface area (Å²) >= 11 is 0. The Morgan fingerprint density at radius 2 is 1.22 bits per heavy atom. The number of aryl methyl sites for hydroxylation is 1. The molecular formula is C31H27N4O+. The summed E-state index contributed by atoms with van der Waals surface area (Å²) in [7, 11) is 0. The average molecular weight is 472 g/mol. The molecule has 1 aliphatic rings. The van der Waals surface area contributed by atoms with Crippen molar-refractivity contribution < 1.29 is 9.73 Å². The zero-order valence-electron chi connectivity index (χ0n) is 20.0. The van der Waals surface area contributed by atoms with E-state index in [1.54, 1.807) is 0 Å². The molecule has 0 unspecified atom stereocenters. The van der Waals surface area contributed by atoms with Crippen molar-refractivity contribution in [2.45, 2.75) is 6.92 Å². The van der Waals surface area contributed by atoms with E-state index in [4.69, 9.17) is 15.5 Å². The van der Waals surface area contributed by atoms with Crippen molar-refractivity contribution in [2.24, 2.45) is 4.99 Å². The second kappa shape index (κ2) is 10.6. The van der Waals surface area contributed by atoms with Gasteiger partial charge >= 0.3 is 0 Å². The predicted octanol–water partition coefficient (Wildman–Crippen LogP) is 6.16. The number of allylic oxidation sites excluding steroid dienone is 4. The molecule has 0 bridgehead atoms. The summed E-state index contributed by atoms with van der Waals surface area (Å²) in [4.78, 5) is 8.07. The highest BCUT2D eigenvalue weighted by atomic mass is 16.5. The highest BCUT2D eigenvalue weighted by Crippen LogP contribution is 2.26. The minimum Gasteiger partial charge on any atom is -0.457 e. The Morgan fingerprint density at radius 3 is 1.83 bits per heavy atom. The Labute approximate surface area is 211 Å². The number of benzene rings is 4. The third-order valence-electron chi connectivity index (χ3n) is 5.59. The summed E-state index contributed by atoms with van der Waals surface area (Å²) in [5.41, 5.74) is 13.4. The van der Waals surface area contributed by atoms with Crippen LogP contribution in [0, 0.1) is 6.92 Å². The zero-order chi connectivity index (χ0) is 24.7. The lowest BCUT2D eigenvalue weighted by molar-refractivity contribution is -0.351. The maximum Gasteiger partial charge on any atom is 0.204 e. The summed E-state index contributed by atoms with van der Waals surface area (Å²) in [5.74, 6) is 1.63. The van der Waals surface area contributed by atoms with E-state index in [1.807, 2.05) is 121 Å². The van der Waals surface area contributed by atoms with Crippen LogP contribution in [0.2, 0.25) is 0 Å². The van der Waals surface area contributed by atoms with Crippen molar-refractivity contribution in [1.29, 1.82) is 0 Å². The molecule has 4 N–H and O–H groups in total. The van der Waals surface area contributed by atoms with E-state index in [9.17, 15) is 0 Å². The number of anilines is 3. The summed E-state index contributed by atoms with van der Waals surface area (Å²) in [5, 5.41) is 3.41. The molecule has 5 rings (SSSR count). The van der Waals surface area contributed by atoms with Gasteiger partial charge in [0.2, 0.25) is 11.4 Å². The number of nitrogens with zero attached hydrogens (tertiary/aromatic N) is 1. The molecule has 0 fully saturated rings. The van der Waals surface area contributed by atoms with Crippen molar-refractivity contribution in [3.63, 3.8) is 0 Å². The molecule has 176 valence electrons. The van der Waals surface area contributed by atoms with Crippen LogP contribution in [-0.2, 0) is 0 Å². The Morgan fingerprint density at radius 1 is 0.667 bits per heavy atom. The van der Waals surface area contributed by atoms with Crippen LogP contribution in [0.3, 0.4) is 0 Å². The molecule has 5 nitrogen and oxygen atoms in total. The van der Waals surface area contributed by atoms with Crippen molar-refractivity contribution in [2.75, 3.05) is 11.1 Å². The standard InChI is InChI=1S/C31H26N4O/c1-22-2-18-30(19-3-22)36-31-20-16-29(17-21-31)35-28-14-12-27(13-15-28)34-26-10-8-25(9-11-26)33-24-6-4-23(32)5-7-24/h2-21,35H,32H2,1H3/p+1. The Kier molecular flexibility index (Phi) is 6.72. The van der Waals surface area contributed by atoms with Gasteiger partial charge in [-0.2, -0.15) is 0 Å². The zero-order valence-corrected chi connectivity index (χ0v) is 20.0. The maximum absolute atomic E-state index is 5.90. The van der Waals surface area contributed by atoms with E-state index in [-0.39, 0.29) is 0 Å². The Hall–Kier alpha value is -4.90. The molecule has 0 radical (unpaired) electrons. The average Bonchev–Trinajstić information content (AvgIpc) is 2.90. The van der Waals surface area contributed by atoms with Crippen LogP contribution in [0.4, 0.5) is 28.4 Å². The van der Waals surface area contributed by atoms with Crippen LogP contribution in [0.5, 0.6) is 11.5 Å². The number of nitrogen functional groups attached to an aromatic ring is 1. The molecule has 0 aliphatic heterocycles. The van der Waals surface area contributed by atoms with Gasteiger partial charge in [0, 0.05) is 41.3 Å². The first-order chi connectivity index (χ1) is 17.6. The van der Waals surface area contributed by atoms with Crippen LogP contribution < -0.4 is 20.8 Å². The molecule has 4 aromatic rings. The normalized spacial score (nSPS) is 12.4. The van der Waals surface area contributed by atoms with E-state index in [2.05, 4.69) is 17.2 Å². The van der Waals surface area contributed by atoms with Gasteiger partial charge in [-0.15, -0.1) is 0 Å². The van der Waals surface area contributed by atoms with E-state index < -0.39 is 0 Å². The van der Waals surface area contributed by atoms with Crippen molar-refractivity contribution in [3.05, 3.63) is 127 Å². The van der Waals surface area contributed by atoms with Crippen LogP contribution in [-0.4, -0.2) is 11.4 Å². The lowest BCUT2D eigenvalue weighted by Gasteiger charge is -2.09. The highest BCUT2D eigenvalue weighted by Gasteiger charge is 2.06. The summed E-state index contributed by atoms with van der Waals surface area (Å²) < 4.78 is 5.90. The molecule has 0 spiro atoms. The van der Waals surface area contributed by atoms with Gasteiger partial charge in [0.05, 0.1) is 11.4 Å². The Balaban J connectivity index is 1.18. The second-order valence-electron chi connectivity index (χ2n) is 8.52. The first-order valence-corrected chi connectivity index (χ1v) is 11.8. The summed E-state index contributed by atoms with van der Waals surface area (Å²) in [6, 6.07) is 31.6. The third-order valence-corrected chi connectivity index (χ3v) is 5.59. The smallest absolute Gasteiger partial charge is 0.204 e. The molecule has 4 aromatic carbocycles. The fourth-order valence-corrected chi connectivity index (χ4v) is 3.64. The molecule has 36 heavy (non-hydrogen) atoms. The first kappa shape index (κ1) is 22.9. The molecule has 5 heteroatoms. The van der Waals surface area contributed by atoms with Gasteiger partial charge in [-0.3, -0.25) is 0 Å². The fraction of sp³-hybridized carbons (Fsp3) is 0.0323.